The van der Waals surface area contributed by atoms with Crippen molar-refractivity contribution in [3.63, 3.8) is 0 Å². The lowest BCUT2D eigenvalue weighted by Gasteiger charge is -2.20. The molecule has 0 fully saturated rings. The number of halogens is 2. The van der Waals surface area contributed by atoms with E-state index in [-0.39, 0.29) is 6.42 Å². The summed E-state index contributed by atoms with van der Waals surface area (Å²) in [6.07, 6.45) is -0.000212. The van der Waals surface area contributed by atoms with Crippen molar-refractivity contribution in [3.8, 4) is 6.07 Å². The van der Waals surface area contributed by atoms with E-state index >= 15 is 0 Å². The standard InChI is InChI=1S/C13H13F2N3O2/c1-7(4-5-16)11(12(17)19)18-13(20)9-3-2-8(14)6-10(9)15/h2-3,6-7,11H,4H2,1H3,(H2,17,19)(H,18,20)/t7-,11+/m1/s1. The summed E-state index contributed by atoms with van der Waals surface area (Å²) in [4.78, 5) is 23.1. The molecule has 1 rings (SSSR count). The van der Waals surface area contributed by atoms with Crippen molar-refractivity contribution < 1.29 is 18.4 Å². The maximum Gasteiger partial charge on any atom is 0.254 e. The highest BCUT2D eigenvalue weighted by atomic mass is 19.1. The lowest BCUT2D eigenvalue weighted by atomic mass is 9.98. The maximum absolute atomic E-state index is 13.4. The molecule has 0 unspecified atom stereocenters. The molecule has 1 aromatic carbocycles. The summed E-state index contributed by atoms with van der Waals surface area (Å²) in [6.45, 7) is 1.56. The Morgan fingerprint density at radius 2 is 2.10 bits per heavy atom. The Kier molecular flexibility index (Phi) is 5.15. The highest BCUT2D eigenvalue weighted by Crippen LogP contribution is 2.12. The molecule has 2 atom stereocenters. The van der Waals surface area contributed by atoms with Gasteiger partial charge in [-0.15, -0.1) is 0 Å². The Balaban J connectivity index is 2.91. The van der Waals surface area contributed by atoms with Gasteiger partial charge in [-0.05, 0) is 18.1 Å². The van der Waals surface area contributed by atoms with Crippen LogP contribution in [0.25, 0.3) is 0 Å². The van der Waals surface area contributed by atoms with Gasteiger partial charge in [-0.25, -0.2) is 8.78 Å². The molecule has 0 bridgehead atoms. The van der Waals surface area contributed by atoms with E-state index in [0.717, 1.165) is 12.1 Å². The fourth-order valence-corrected chi connectivity index (χ4v) is 1.65. The van der Waals surface area contributed by atoms with Crippen molar-refractivity contribution in [1.29, 1.82) is 5.26 Å². The van der Waals surface area contributed by atoms with E-state index in [1.165, 1.54) is 0 Å². The third-order valence-electron chi connectivity index (χ3n) is 2.75. The normalized spacial score (nSPS) is 13.1. The number of nitrogens with zero attached hydrogens (tertiary/aromatic N) is 1. The number of amides is 2. The molecular weight excluding hydrogens is 268 g/mol. The van der Waals surface area contributed by atoms with Gasteiger partial charge in [-0.3, -0.25) is 9.59 Å². The van der Waals surface area contributed by atoms with Crippen LogP contribution in [0.4, 0.5) is 8.78 Å². The lowest BCUT2D eigenvalue weighted by Crippen LogP contribution is -2.48. The fraction of sp³-hybridized carbons (Fsp3) is 0.308. The predicted octanol–water partition coefficient (Wildman–Crippen LogP) is 1.10. The van der Waals surface area contributed by atoms with Crippen molar-refractivity contribution in [2.24, 2.45) is 11.7 Å². The average Bonchev–Trinajstić information content (AvgIpc) is 2.35. The van der Waals surface area contributed by atoms with Crippen molar-refractivity contribution in [2.45, 2.75) is 19.4 Å². The summed E-state index contributed by atoms with van der Waals surface area (Å²) in [6, 6.07) is 3.20. The first-order valence-corrected chi connectivity index (χ1v) is 5.79. The van der Waals surface area contributed by atoms with Crippen LogP contribution in [0.5, 0.6) is 0 Å². The smallest absolute Gasteiger partial charge is 0.254 e. The number of hydrogen-bond donors (Lipinski definition) is 2. The number of nitrogens with two attached hydrogens (primary N) is 1. The van der Waals surface area contributed by atoms with Crippen LogP contribution in [-0.2, 0) is 4.79 Å². The molecule has 2 amide bonds. The number of carbonyl (C=O) groups is 2. The Labute approximate surface area is 114 Å². The monoisotopic (exact) mass is 281 g/mol. The molecule has 0 radical (unpaired) electrons. The van der Waals surface area contributed by atoms with Crippen molar-refractivity contribution in [1.82, 2.24) is 5.32 Å². The summed E-state index contributed by atoms with van der Waals surface area (Å²) in [5.74, 6) is -4.10. The van der Waals surface area contributed by atoms with Crippen LogP contribution in [0.15, 0.2) is 18.2 Å². The number of nitriles is 1. The van der Waals surface area contributed by atoms with E-state index in [1.807, 2.05) is 6.07 Å². The van der Waals surface area contributed by atoms with Gasteiger partial charge >= 0.3 is 0 Å². The fourth-order valence-electron chi connectivity index (χ4n) is 1.65. The summed E-state index contributed by atoms with van der Waals surface area (Å²) < 4.78 is 26.2. The van der Waals surface area contributed by atoms with Gasteiger partial charge in [0.1, 0.15) is 17.7 Å². The molecule has 0 saturated heterocycles. The second-order valence-electron chi connectivity index (χ2n) is 4.32. The molecule has 1 aromatic rings. The average molecular weight is 281 g/mol. The summed E-state index contributed by atoms with van der Waals surface area (Å²) in [7, 11) is 0. The van der Waals surface area contributed by atoms with Gasteiger partial charge in [-0.2, -0.15) is 5.26 Å². The predicted molar refractivity (Wildman–Crippen MR) is 66.2 cm³/mol. The minimum absolute atomic E-state index is 0.000212. The van der Waals surface area contributed by atoms with Crippen LogP contribution < -0.4 is 11.1 Å². The van der Waals surface area contributed by atoms with E-state index in [1.54, 1.807) is 6.92 Å². The van der Waals surface area contributed by atoms with Gasteiger partial charge in [0, 0.05) is 12.5 Å². The van der Waals surface area contributed by atoms with E-state index in [4.69, 9.17) is 11.0 Å². The number of hydrogen-bond acceptors (Lipinski definition) is 3. The quantitative estimate of drug-likeness (QED) is 0.845. The summed E-state index contributed by atoms with van der Waals surface area (Å²) in [5, 5.41) is 10.8. The molecule has 106 valence electrons. The van der Waals surface area contributed by atoms with Gasteiger partial charge in [0.25, 0.3) is 5.91 Å². The van der Waals surface area contributed by atoms with Crippen molar-refractivity contribution >= 4 is 11.8 Å². The van der Waals surface area contributed by atoms with Crippen LogP contribution in [0.3, 0.4) is 0 Å². The SMILES string of the molecule is C[C@H](CC#N)[C@H](NC(=O)c1ccc(F)cc1F)C(N)=O. The molecule has 0 spiro atoms. The van der Waals surface area contributed by atoms with Gasteiger partial charge in [-0.1, -0.05) is 6.92 Å². The van der Waals surface area contributed by atoms with Gasteiger partial charge < -0.3 is 11.1 Å². The third-order valence-corrected chi connectivity index (χ3v) is 2.75. The molecule has 0 aliphatic heterocycles. The number of benzene rings is 1. The van der Waals surface area contributed by atoms with Crippen molar-refractivity contribution in [2.75, 3.05) is 0 Å². The highest BCUT2D eigenvalue weighted by Gasteiger charge is 2.26. The first-order chi connectivity index (χ1) is 9.36. The third kappa shape index (κ3) is 3.75. The molecule has 3 N–H and O–H groups in total. The molecule has 0 saturated carbocycles. The second kappa shape index (κ2) is 6.61. The molecule has 0 aliphatic rings. The molecule has 0 heterocycles. The largest absolute Gasteiger partial charge is 0.368 e. The molecular formula is C13H13F2N3O2. The summed E-state index contributed by atoms with van der Waals surface area (Å²) in [5.41, 5.74) is 4.74. The minimum atomic E-state index is -1.10. The highest BCUT2D eigenvalue weighted by molar-refractivity contribution is 5.97. The number of carbonyl (C=O) groups excluding carboxylic acids is 2. The maximum atomic E-state index is 13.4. The number of nitrogens with one attached hydrogen (secondary N) is 1. The number of rotatable bonds is 5. The molecule has 0 aliphatic carbocycles. The Hall–Kier alpha value is -2.49. The van der Waals surface area contributed by atoms with E-state index < -0.39 is 41.0 Å². The first-order valence-electron chi connectivity index (χ1n) is 5.79. The molecule has 0 aromatic heterocycles. The summed E-state index contributed by atoms with van der Waals surface area (Å²) >= 11 is 0. The van der Waals surface area contributed by atoms with Crippen LogP contribution in [0.1, 0.15) is 23.7 Å². The van der Waals surface area contributed by atoms with E-state index in [0.29, 0.717) is 6.07 Å². The van der Waals surface area contributed by atoms with E-state index in [9.17, 15) is 18.4 Å². The lowest BCUT2D eigenvalue weighted by molar-refractivity contribution is -0.120. The Bertz CT molecular complexity index is 569. The van der Waals surface area contributed by atoms with Crippen molar-refractivity contribution in [3.05, 3.63) is 35.4 Å². The topological polar surface area (TPSA) is 96.0 Å². The van der Waals surface area contributed by atoms with Gasteiger partial charge in [0.2, 0.25) is 5.91 Å². The van der Waals surface area contributed by atoms with Crippen LogP contribution in [0, 0.1) is 28.9 Å². The minimum Gasteiger partial charge on any atom is -0.368 e. The van der Waals surface area contributed by atoms with Crippen LogP contribution in [0.2, 0.25) is 0 Å². The molecule has 5 nitrogen and oxygen atoms in total. The Morgan fingerprint density at radius 3 is 2.60 bits per heavy atom. The first kappa shape index (κ1) is 15.6. The number of primary amides is 1. The zero-order valence-electron chi connectivity index (χ0n) is 10.7. The van der Waals surface area contributed by atoms with Gasteiger partial charge in [0.05, 0.1) is 11.6 Å². The molecule has 20 heavy (non-hydrogen) atoms. The van der Waals surface area contributed by atoms with Crippen LogP contribution in [-0.4, -0.2) is 17.9 Å². The van der Waals surface area contributed by atoms with Gasteiger partial charge in [0.15, 0.2) is 0 Å². The second-order valence-corrected chi connectivity index (χ2v) is 4.32. The zero-order chi connectivity index (χ0) is 15.3. The molecule has 7 heteroatoms. The Morgan fingerprint density at radius 1 is 1.45 bits per heavy atom. The van der Waals surface area contributed by atoms with E-state index in [2.05, 4.69) is 5.32 Å². The van der Waals surface area contributed by atoms with Crippen LogP contribution >= 0.6 is 0 Å². The zero-order valence-corrected chi connectivity index (χ0v) is 10.7.